The molecule has 3 heterocycles. The smallest absolute Gasteiger partial charge is 0.306 e. The number of rotatable bonds is 7. The van der Waals surface area contributed by atoms with Gasteiger partial charge < -0.3 is 9.72 Å². The number of aliphatic imine (C=N–C) groups is 1. The molecule has 0 amide bonds. The van der Waals surface area contributed by atoms with Crippen LogP contribution in [0.5, 0.6) is 0 Å². The molecule has 2 aromatic heterocycles. The summed E-state index contributed by atoms with van der Waals surface area (Å²) in [7, 11) is -3.65. The number of anilines is 1. The largest absolute Gasteiger partial charge is 0.466 e. The van der Waals surface area contributed by atoms with Gasteiger partial charge in [0.15, 0.2) is 0 Å². The molecule has 3 aromatic rings. The highest BCUT2D eigenvalue weighted by atomic mass is 32.2. The number of thioether (sulfide) groups is 1. The van der Waals surface area contributed by atoms with Crippen LogP contribution in [0.25, 0.3) is 10.9 Å². The zero-order chi connectivity index (χ0) is 21.3. The van der Waals surface area contributed by atoms with Crippen LogP contribution in [0.15, 0.2) is 44.9 Å². The highest BCUT2D eigenvalue weighted by molar-refractivity contribution is 8.15. The maximum atomic E-state index is 12.7. The van der Waals surface area contributed by atoms with Crippen molar-refractivity contribution < 1.29 is 17.9 Å². The van der Waals surface area contributed by atoms with Crippen molar-refractivity contribution in [3.63, 3.8) is 0 Å². The van der Waals surface area contributed by atoms with Crippen molar-refractivity contribution in [2.24, 2.45) is 4.99 Å². The van der Waals surface area contributed by atoms with E-state index < -0.39 is 10.0 Å². The summed E-state index contributed by atoms with van der Waals surface area (Å²) in [5, 5.41) is 3.51. The summed E-state index contributed by atoms with van der Waals surface area (Å²) in [6.45, 7) is 4.68. The van der Waals surface area contributed by atoms with Gasteiger partial charge in [-0.15, -0.1) is 11.3 Å². The van der Waals surface area contributed by atoms with Crippen LogP contribution < -0.4 is 4.72 Å². The van der Waals surface area contributed by atoms with Crippen LogP contribution in [0, 0.1) is 6.92 Å². The van der Waals surface area contributed by atoms with E-state index in [1.807, 2.05) is 19.1 Å². The average molecular weight is 464 g/mol. The number of hydrogen-bond acceptors (Lipinski definition) is 7. The van der Waals surface area contributed by atoms with Crippen LogP contribution >= 0.6 is 23.1 Å². The lowest BCUT2D eigenvalue weighted by Gasteiger charge is -2.08. The van der Waals surface area contributed by atoms with Crippen molar-refractivity contribution in [1.82, 2.24) is 4.98 Å². The van der Waals surface area contributed by atoms with E-state index in [1.165, 1.54) is 23.1 Å². The van der Waals surface area contributed by atoms with E-state index in [0.717, 1.165) is 21.7 Å². The molecule has 1 aliphatic heterocycles. The second-order valence-corrected chi connectivity index (χ2v) is 11.0. The number of ether oxygens (including phenoxy) is 1. The Morgan fingerprint density at radius 1 is 1.37 bits per heavy atom. The van der Waals surface area contributed by atoms with Crippen LogP contribution in [0.1, 0.15) is 24.6 Å². The molecule has 4 rings (SSSR count). The summed E-state index contributed by atoms with van der Waals surface area (Å²) in [5.41, 5.74) is 3.04. The van der Waals surface area contributed by atoms with E-state index in [0.29, 0.717) is 30.8 Å². The van der Waals surface area contributed by atoms with Crippen molar-refractivity contribution in [3.05, 3.63) is 47.0 Å². The van der Waals surface area contributed by atoms with Crippen molar-refractivity contribution >= 4 is 60.7 Å². The van der Waals surface area contributed by atoms with Gasteiger partial charge in [0.1, 0.15) is 9.25 Å². The molecule has 7 nitrogen and oxygen atoms in total. The van der Waals surface area contributed by atoms with Crippen LogP contribution in [-0.2, 0) is 19.6 Å². The number of aromatic amines is 1. The molecule has 0 bridgehead atoms. The highest BCUT2D eigenvalue weighted by Crippen LogP contribution is 2.33. The number of nitrogens with one attached hydrogen (secondary N) is 2. The number of benzene rings is 1. The van der Waals surface area contributed by atoms with Gasteiger partial charge in [-0.05, 0) is 43.0 Å². The van der Waals surface area contributed by atoms with Crippen LogP contribution in [0.4, 0.5) is 5.69 Å². The monoisotopic (exact) mass is 463 g/mol. The zero-order valence-corrected chi connectivity index (χ0v) is 18.9. The van der Waals surface area contributed by atoms with E-state index in [-0.39, 0.29) is 15.4 Å². The molecule has 1 aliphatic rings. The zero-order valence-electron chi connectivity index (χ0n) is 16.5. The van der Waals surface area contributed by atoms with Gasteiger partial charge in [0.05, 0.1) is 36.5 Å². The number of sulfonamides is 1. The molecule has 0 saturated heterocycles. The number of fused-ring (bicyclic) bond motifs is 1. The van der Waals surface area contributed by atoms with E-state index in [2.05, 4.69) is 14.7 Å². The first-order chi connectivity index (χ1) is 14.4. The highest BCUT2D eigenvalue weighted by Gasteiger charge is 2.25. The maximum Gasteiger partial charge on any atom is 0.306 e. The van der Waals surface area contributed by atoms with Crippen LogP contribution in [-0.4, -0.2) is 42.8 Å². The lowest BCUT2D eigenvalue weighted by atomic mass is 10.1. The predicted molar refractivity (Wildman–Crippen MR) is 122 cm³/mol. The lowest BCUT2D eigenvalue weighted by Crippen LogP contribution is -2.14. The quantitative estimate of drug-likeness (QED) is 0.513. The van der Waals surface area contributed by atoms with Crippen molar-refractivity contribution in [1.29, 1.82) is 0 Å². The number of thiophene rings is 1. The molecule has 1 aromatic carbocycles. The molecular weight excluding hydrogens is 442 g/mol. The fourth-order valence-corrected chi connectivity index (χ4v) is 6.38. The normalized spacial score (nSPS) is 16.6. The molecule has 30 heavy (non-hydrogen) atoms. The van der Waals surface area contributed by atoms with E-state index in [4.69, 9.17) is 4.74 Å². The number of H-pyrrole nitrogens is 1. The average Bonchev–Trinajstić information content (AvgIpc) is 3.44. The molecule has 10 heteroatoms. The maximum absolute atomic E-state index is 12.7. The third kappa shape index (κ3) is 4.26. The minimum Gasteiger partial charge on any atom is -0.466 e. The van der Waals surface area contributed by atoms with Gasteiger partial charge in [0.25, 0.3) is 10.0 Å². The Morgan fingerprint density at radius 3 is 2.93 bits per heavy atom. The molecular formula is C20H21N3O4S3. The molecule has 1 atom stereocenters. The predicted octanol–water partition coefficient (Wildman–Crippen LogP) is 4.15. The second-order valence-electron chi connectivity index (χ2n) is 6.83. The Balaban J connectivity index is 1.60. The Bertz CT molecular complexity index is 1210. The van der Waals surface area contributed by atoms with Gasteiger partial charge in [-0.2, -0.15) is 0 Å². The summed E-state index contributed by atoms with van der Waals surface area (Å²) in [6, 6.07) is 8.91. The van der Waals surface area contributed by atoms with Crippen LogP contribution in [0.3, 0.4) is 0 Å². The Kier molecular flexibility index (Phi) is 5.90. The minimum atomic E-state index is -3.65. The standard InChI is InChI=1S/C20H21N3O4S3/c1-3-27-17(24)9-13-11-21-20(29-13)16-10-14-12(2)6-7-15(19(14)22-16)23-30(25,26)18-5-4-8-28-18/h4-8,10,13,22-23H,3,9,11H2,1-2H3. The van der Waals surface area contributed by atoms with Gasteiger partial charge in [-0.3, -0.25) is 14.5 Å². The Hall–Kier alpha value is -2.30. The molecule has 0 radical (unpaired) electrons. The summed E-state index contributed by atoms with van der Waals surface area (Å²) in [6.07, 6.45) is 0.316. The molecule has 158 valence electrons. The lowest BCUT2D eigenvalue weighted by molar-refractivity contribution is -0.143. The first-order valence-corrected chi connectivity index (χ1v) is 12.7. The molecule has 0 fully saturated rings. The van der Waals surface area contributed by atoms with Crippen molar-refractivity contribution in [2.45, 2.75) is 29.7 Å². The second kappa shape index (κ2) is 8.44. The van der Waals surface area contributed by atoms with Gasteiger partial charge >= 0.3 is 5.97 Å². The number of carbonyl (C=O) groups excluding carboxylic acids is 1. The fourth-order valence-electron chi connectivity index (χ4n) is 3.25. The number of nitrogens with zero attached hydrogens (tertiary/aromatic N) is 1. The first-order valence-electron chi connectivity index (χ1n) is 9.43. The topological polar surface area (TPSA) is 101 Å². The number of hydrogen-bond donors (Lipinski definition) is 2. The summed E-state index contributed by atoms with van der Waals surface area (Å²) >= 11 is 2.71. The summed E-state index contributed by atoms with van der Waals surface area (Å²) < 4.78 is 33.3. The summed E-state index contributed by atoms with van der Waals surface area (Å²) in [4.78, 5) is 19.6. The van der Waals surface area contributed by atoms with Gasteiger partial charge in [0, 0.05) is 10.6 Å². The molecule has 2 N–H and O–H groups in total. The first kappa shape index (κ1) is 21.0. The van der Waals surface area contributed by atoms with E-state index in [1.54, 1.807) is 30.5 Å². The summed E-state index contributed by atoms with van der Waals surface area (Å²) in [5.74, 6) is -0.218. The third-order valence-electron chi connectivity index (χ3n) is 4.66. The van der Waals surface area contributed by atoms with E-state index >= 15 is 0 Å². The Morgan fingerprint density at radius 2 is 2.20 bits per heavy atom. The van der Waals surface area contributed by atoms with Crippen LogP contribution in [0.2, 0.25) is 0 Å². The fraction of sp³-hybridized carbons (Fsp3) is 0.300. The van der Waals surface area contributed by atoms with Gasteiger partial charge in [0.2, 0.25) is 0 Å². The number of carbonyl (C=O) groups is 1. The molecule has 1 unspecified atom stereocenters. The van der Waals surface area contributed by atoms with E-state index in [9.17, 15) is 13.2 Å². The molecule has 0 saturated carbocycles. The minimum absolute atomic E-state index is 0.0448. The SMILES string of the molecule is CCOC(=O)CC1CN=C(c2cc3c(C)ccc(NS(=O)(=O)c4cccs4)c3[nH]2)S1. The Labute approximate surface area is 183 Å². The molecule has 0 spiro atoms. The number of esters is 1. The van der Waals surface area contributed by atoms with Gasteiger partial charge in [-0.1, -0.05) is 23.9 Å². The van der Waals surface area contributed by atoms with Crippen molar-refractivity contribution in [2.75, 3.05) is 17.9 Å². The third-order valence-corrected chi connectivity index (χ3v) is 8.65. The molecule has 0 aliphatic carbocycles. The number of aromatic nitrogens is 1. The van der Waals surface area contributed by atoms with Crippen molar-refractivity contribution in [3.8, 4) is 0 Å². The van der Waals surface area contributed by atoms with Gasteiger partial charge in [-0.25, -0.2) is 8.42 Å². The number of aryl methyl sites for hydroxylation is 1.